The average molecular weight is 270 g/mol. The maximum atomic E-state index is 5.67. The van der Waals surface area contributed by atoms with E-state index in [-0.39, 0.29) is 6.04 Å². The fourth-order valence-electron chi connectivity index (χ4n) is 2.17. The summed E-state index contributed by atoms with van der Waals surface area (Å²) in [4.78, 5) is 2.30. The second-order valence-electron chi connectivity index (χ2n) is 4.77. The molecule has 0 radical (unpaired) electrons. The van der Waals surface area contributed by atoms with Crippen LogP contribution in [0.3, 0.4) is 0 Å². The van der Waals surface area contributed by atoms with E-state index in [2.05, 4.69) is 41.1 Å². The summed E-state index contributed by atoms with van der Waals surface area (Å²) in [7, 11) is 0. The first-order valence-corrected chi connectivity index (χ1v) is 7.12. The third-order valence-electron chi connectivity index (χ3n) is 3.41. The molecule has 1 atom stereocenters. The minimum atomic E-state index is 0.102. The molecule has 2 N–H and O–H groups in total. The Hall–Kier alpha value is -2.10. The van der Waals surface area contributed by atoms with Crippen molar-refractivity contribution in [3.05, 3.63) is 48.2 Å². The van der Waals surface area contributed by atoms with Gasteiger partial charge in [0.15, 0.2) is 0 Å². The molecule has 0 saturated heterocycles. The van der Waals surface area contributed by atoms with Crippen LogP contribution in [-0.4, -0.2) is 19.1 Å². The summed E-state index contributed by atoms with van der Waals surface area (Å²) in [6, 6.07) is 8.30. The maximum absolute atomic E-state index is 5.67. The van der Waals surface area contributed by atoms with Gasteiger partial charge in [0.1, 0.15) is 0 Å². The first-order valence-electron chi connectivity index (χ1n) is 7.12. The Bertz CT molecular complexity index is 510. The van der Waals surface area contributed by atoms with Gasteiger partial charge in [0.05, 0.1) is 11.7 Å². The lowest BCUT2D eigenvalue weighted by Gasteiger charge is -2.20. The quantitative estimate of drug-likeness (QED) is 0.828. The molecule has 4 heteroatoms. The lowest BCUT2D eigenvalue weighted by atomic mass is 10.1. The summed E-state index contributed by atoms with van der Waals surface area (Å²) in [6.45, 7) is 6.34. The molecule has 1 aliphatic rings. The van der Waals surface area contributed by atoms with Crippen molar-refractivity contribution in [2.75, 3.05) is 18.0 Å². The fourth-order valence-corrected chi connectivity index (χ4v) is 2.17. The van der Waals surface area contributed by atoms with Crippen molar-refractivity contribution in [2.24, 2.45) is 16.0 Å². The molecule has 1 aromatic rings. The lowest BCUT2D eigenvalue weighted by molar-refractivity contribution is 0.769. The molecular weight excluding hydrogens is 248 g/mol. The summed E-state index contributed by atoms with van der Waals surface area (Å²) in [5, 5.41) is 8.62. The predicted molar refractivity (Wildman–Crippen MR) is 84.3 cm³/mol. The Balaban J connectivity index is 1.99. The van der Waals surface area contributed by atoms with Crippen LogP contribution in [0.2, 0.25) is 0 Å². The number of nitrogens with zero attached hydrogens (tertiary/aromatic N) is 3. The molecule has 0 spiro atoms. The van der Waals surface area contributed by atoms with Crippen molar-refractivity contribution >= 4 is 11.4 Å². The zero-order chi connectivity index (χ0) is 14.4. The number of anilines is 1. The van der Waals surface area contributed by atoms with Crippen LogP contribution in [0.15, 0.2) is 58.4 Å². The number of rotatable bonds is 5. The molecule has 20 heavy (non-hydrogen) atoms. The predicted octanol–water partition coefficient (Wildman–Crippen LogP) is 3.79. The minimum absolute atomic E-state index is 0.102. The third kappa shape index (κ3) is 3.70. The number of nitrogens with two attached hydrogens (primary N) is 1. The van der Waals surface area contributed by atoms with Crippen LogP contribution in [0, 0.1) is 0 Å². The highest BCUT2D eigenvalue weighted by Gasteiger charge is 2.05. The first kappa shape index (κ1) is 14.3. The molecule has 2 rings (SSSR count). The molecule has 0 bridgehead atoms. The Morgan fingerprint density at radius 3 is 2.45 bits per heavy atom. The number of hydrogen-bond acceptors (Lipinski definition) is 4. The maximum Gasteiger partial charge on any atom is 0.0932 e. The third-order valence-corrected chi connectivity index (χ3v) is 3.41. The van der Waals surface area contributed by atoms with Crippen LogP contribution in [0.5, 0.6) is 0 Å². The lowest BCUT2D eigenvalue weighted by Crippen LogP contribution is -2.21. The van der Waals surface area contributed by atoms with Crippen molar-refractivity contribution in [1.82, 2.24) is 0 Å². The highest BCUT2D eigenvalue weighted by atomic mass is 15.1. The van der Waals surface area contributed by atoms with Crippen LogP contribution >= 0.6 is 0 Å². The number of allylic oxidation sites excluding steroid dienone is 1. The summed E-state index contributed by atoms with van der Waals surface area (Å²) in [6.07, 6.45) is 6.68. The van der Waals surface area contributed by atoms with E-state index in [4.69, 9.17) is 5.73 Å². The molecule has 1 aromatic carbocycles. The smallest absolute Gasteiger partial charge is 0.0932 e. The molecule has 1 unspecified atom stereocenters. The van der Waals surface area contributed by atoms with E-state index in [1.165, 1.54) is 5.69 Å². The van der Waals surface area contributed by atoms with Gasteiger partial charge in [-0.1, -0.05) is 12.2 Å². The van der Waals surface area contributed by atoms with Gasteiger partial charge in [0.2, 0.25) is 0 Å². The van der Waals surface area contributed by atoms with E-state index in [1.54, 1.807) is 0 Å². The van der Waals surface area contributed by atoms with E-state index in [0.717, 1.165) is 30.9 Å². The van der Waals surface area contributed by atoms with Gasteiger partial charge in [-0.05, 0) is 50.6 Å². The Labute approximate surface area is 120 Å². The van der Waals surface area contributed by atoms with Crippen molar-refractivity contribution in [3.8, 4) is 0 Å². The first-order chi connectivity index (χ1) is 9.72. The summed E-state index contributed by atoms with van der Waals surface area (Å²) >= 11 is 0. The molecular formula is C16H22N4. The van der Waals surface area contributed by atoms with Crippen LogP contribution < -0.4 is 10.6 Å². The van der Waals surface area contributed by atoms with Crippen LogP contribution in [0.1, 0.15) is 20.3 Å². The highest BCUT2D eigenvalue weighted by molar-refractivity contribution is 5.52. The van der Waals surface area contributed by atoms with Crippen LogP contribution in [0.4, 0.5) is 11.4 Å². The van der Waals surface area contributed by atoms with E-state index in [0.29, 0.717) is 0 Å². The van der Waals surface area contributed by atoms with Gasteiger partial charge in [-0.3, -0.25) is 0 Å². The van der Waals surface area contributed by atoms with E-state index < -0.39 is 0 Å². The average Bonchev–Trinajstić information content (AvgIpc) is 2.49. The standard InChI is InChI=1S/C16H22N4/c1-3-20(4-2)16-11-9-15(10-12-16)19-18-14-7-5-13(17)6-8-14/h5-7,9-12,14H,3-4,8,17H2,1-2H3. The molecule has 0 fully saturated rings. The van der Waals surface area contributed by atoms with Crippen molar-refractivity contribution < 1.29 is 0 Å². The van der Waals surface area contributed by atoms with E-state index in [9.17, 15) is 0 Å². The van der Waals surface area contributed by atoms with E-state index in [1.807, 2.05) is 30.4 Å². The van der Waals surface area contributed by atoms with Gasteiger partial charge in [-0.2, -0.15) is 10.2 Å². The Morgan fingerprint density at radius 2 is 1.90 bits per heavy atom. The summed E-state index contributed by atoms with van der Waals surface area (Å²) < 4.78 is 0. The monoisotopic (exact) mass is 270 g/mol. The molecule has 0 aromatic heterocycles. The largest absolute Gasteiger partial charge is 0.399 e. The molecule has 0 heterocycles. The summed E-state index contributed by atoms with van der Waals surface area (Å²) in [5.41, 5.74) is 8.59. The van der Waals surface area contributed by atoms with Crippen molar-refractivity contribution in [2.45, 2.75) is 26.3 Å². The number of benzene rings is 1. The fraction of sp³-hybridized carbons (Fsp3) is 0.375. The number of hydrogen-bond donors (Lipinski definition) is 1. The molecule has 0 amide bonds. The molecule has 1 aliphatic carbocycles. The summed E-state index contributed by atoms with van der Waals surface area (Å²) in [5.74, 6) is 0. The number of azo groups is 1. The Kier molecular flexibility index (Phi) is 4.93. The van der Waals surface area contributed by atoms with Crippen LogP contribution in [-0.2, 0) is 0 Å². The second kappa shape index (κ2) is 6.89. The zero-order valence-electron chi connectivity index (χ0n) is 12.2. The van der Waals surface area contributed by atoms with Crippen molar-refractivity contribution in [3.63, 3.8) is 0 Å². The Morgan fingerprint density at radius 1 is 1.20 bits per heavy atom. The highest BCUT2D eigenvalue weighted by Crippen LogP contribution is 2.21. The topological polar surface area (TPSA) is 54.0 Å². The van der Waals surface area contributed by atoms with Gasteiger partial charge in [-0.25, -0.2) is 0 Å². The normalized spacial score (nSPS) is 18.3. The molecule has 0 saturated carbocycles. The van der Waals surface area contributed by atoms with Crippen molar-refractivity contribution in [1.29, 1.82) is 0 Å². The van der Waals surface area contributed by atoms with Gasteiger partial charge in [-0.15, -0.1) is 0 Å². The van der Waals surface area contributed by atoms with Gasteiger partial charge >= 0.3 is 0 Å². The second-order valence-corrected chi connectivity index (χ2v) is 4.77. The molecule has 106 valence electrons. The zero-order valence-corrected chi connectivity index (χ0v) is 12.2. The van der Waals surface area contributed by atoms with Gasteiger partial charge in [0, 0.05) is 24.5 Å². The van der Waals surface area contributed by atoms with Gasteiger partial charge < -0.3 is 10.6 Å². The SMILES string of the molecule is CCN(CC)c1ccc(N=NC2C=CC(N)=CC2)cc1. The molecule has 4 nitrogen and oxygen atoms in total. The van der Waals surface area contributed by atoms with Crippen LogP contribution in [0.25, 0.3) is 0 Å². The molecule has 0 aliphatic heterocycles. The minimum Gasteiger partial charge on any atom is -0.399 e. The van der Waals surface area contributed by atoms with Gasteiger partial charge in [0.25, 0.3) is 0 Å². The van der Waals surface area contributed by atoms with E-state index >= 15 is 0 Å².